The number of hydrogen-bond acceptors (Lipinski definition) is 6. The summed E-state index contributed by atoms with van der Waals surface area (Å²) in [5.74, 6) is -0.924. The fraction of sp³-hybridized carbons (Fsp3) is 0.300. The molecule has 0 atom stereocenters. The normalized spacial score (nSPS) is 15.3. The third-order valence-corrected chi connectivity index (χ3v) is 7.43. The summed E-state index contributed by atoms with van der Waals surface area (Å²) in [7, 11) is -0.969. The van der Waals surface area contributed by atoms with Crippen LogP contribution in [0, 0.1) is 5.82 Å². The van der Waals surface area contributed by atoms with Crippen molar-refractivity contribution in [2.45, 2.75) is 4.90 Å². The lowest BCUT2D eigenvalue weighted by Crippen LogP contribution is -2.50. The van der Waals surface area contributed by atoms with E-state index < -0.39 is 33.0 Å². The fourth-order valence-electron chi connectivity index (χ4n) is 3.65. The Hall–Kier alpha value is -3.38. The lowest BCUT2D eigenvalue weighted by molar-refractivity contribution is 0.0697. The molecular formula is C20H20FN5O5S. The van der Waals surface area contributed by atoms with Crippen molar-refractivity contribution >= 4 is 27.0 Å². The van der Waals surface area contributed by atoms with Crippen molar-refractivity contribution in [1.29, 1.82) is 0 Å². The van der Waals surface area contributed by atoms with E-state index in [1.165, 1.54) is 52.3 Å². The first-order valence-corrected chi connectivity index (χ1v) is 11.2. The average molecular weight is 461 g/mol. The molecule has 1 fully saturated rings. The van der Waals surface area contributed by atoms with Crippen LogP contribution in [-0.4, -0.2) is 63.8 Å². The Morgan fingerprint density at radius 2 is 1.62 bits per heavy atom. The van der Waals surface area contributed by atoms with Gasteiger partial charge in [-0.05, 0) is 30.3 Å². The number of aryl methyl sites for hydroxylation is 1. The summed E-state index contributed by atoms with van der Waals surface area (Å²) >= 11 is 0. The van der Waals surface area contributed by atoms with Gasteiger partial charge in [0.2, 0.25) is 10.0 Å². The molecule has 0 unspecified atom stereocenters. The number of halogens is 1. The summed E-state index contributed by atoms with van der Waals surface area (Å²) in [6, 6.07) is 5.97. The molecule has 168 valence electrons. The number of aromatic nitrogens is 3. The Kier molecular flexibility index (Phi) is 5.42. The maximum atomic E-state index is 13.1. The predicted molar refractivity (Wildman–Crippen MR) is 113 cm³/mol. The van der Waals surface area contributed by atoms with Gasteiger partial charge in [0.25, 0.3) is 11.5 Å². The number of pyridine rings is 1. The highest BCUT2D eigenvalue weighted by atomic mass is 32.2. The molecular weight excluding hydrogens is 441 g/mol. The predicted octanol–water partition coefficient (Wildman–Crippen LogP) is -0.0820. The zero-order chi connectivity index (χ0) is 23.2. The number of carbonyl (C=O) groups is 1. The topological polar surface area (TPSA) is 115 Å². The molecule has 0 saturated carbocycles. The van der Waals surface area contributed by atoms with Gasteiger partial charge in [0.1, 0.15) is 11.5 Å². The van der Waals surface area contributed by atoms with Crippen LogP contribution in [0.5, 0.6) is 0 Å². The first-order chi connectivity index (χ1) is 15.1. The number of fused-ring (bicyclic) bond motifs is 1. The van der Waals surface area contributed by atoms with E-state index in [-0.39, 0.29) is 47.7 Å². The zero-order valence-electron chi connectivity index (χ0n) is 17.4. The van der Waals surface area contributed by atoms with Crippen LogP contribution in [0.1, 0.15) is 10.4 Å². The molecule has 0 radical (unpaired) electrons. The van der Waals surface area contributed by atoms with Gasteiger partial charge in [-0.3, -0.25) is 18.7 Å². The van der Waals surface area contributed by atoms with Crippen LogP contribution >= 0.6 is 0 Å². The van der Waals surface area contributed by atoms with Gasteiger partial charge in [0, 0.05) is 46.5 Å². The molecule has 1 aromatic carbocycles. The van der Waals surface area contributed by atoms with Gasteiger partial charge in [0.15, 0.2) is 0 Å². The van der Waals surface area contributed by atoms with E-state index in [0.29, 0.717) is 0 Å². The molecule has 4 rings (SSSR count). The lowest BCUT2D eigenvalue weighted by atomic mass is 10.2. The van der Waals surface area contributed by atoms with Crippen molar-refractivity contribution < 1.29 is 17.6 Å². The van der Waals surface area contributed by atoms with Crippen LogP contribution in [0.15, 0.2) is 51.0 Å². The summed E-state index contributed by atoms with van der Waals surface area (Å²) in [6.45, 7) is 0.427. The quantitative estimate of drug-likeness (QED) is 0.539. The second-order valence-corrected chi connectivity index (χ2v) is 9.39. The molecule has 1 saturated heterocycles. The van der Waals surface area contributed by atoms with E-state index in [1.807, 2.05) is 0 Å². The van der Waals surface area contributed by atoms with Crippen LogP contribution in [0.25, 0.3) is 11.0 Å². The number of hydrogen-bond donors (Lipinski definition) is 0. The minimum absolute atomic E-state index is 0.0149. The third kappa shape index (κ3) is 3.60. The zero-order valence-corrected chi connectivity index (χ0v) is 18.2. The Morgan fingerprint density at radius 1 is 1.00 bits per heavy atom. The second kappa shape index (κ2) is 7.95. The molecule has 12 heteroatoms. The summed E-state index contributed by atoms with van der Waals surface area (Å²) in [6.07, 6.45) is 1.30. The standard InChI is InChI=1S/C20H20FN5O5S/c1-23-17-16(19(28)24(2)20(23)29)11-13(12-22-17)18(27)25-7-9-26(10-8-25)32(30,31)15-5-3-14(21)4-6-15/h3-6,11-12H,7-10H2,1-2H3. The lowest BCUT2D eigenvalue weighted by Gasteiger charge is -2.34. The van der Waals surface area contributed by atoms with E-state index in [1.54, 1.807) is 0 Å². The summed E-state index contributed by atoms with van der Waals surface area (Å²) in [5, 5.41) is 0.137. The summed E-state index contributed by atoms with van der Waals surface area (Å²) in [4.78, 5) is 43.0. The Labute approximate surface area is 182 Å². The van der Waals surface area contributed by atoms with Gasteiger partial charge in [-0.15, -0.1) is 0 Å². The van der Waals surface area contributed by atoms with Gasteiger partial charge in [-0.25, -0.2) is 22.6 Å². The number of rotatable bonds is 3. The van der Waals surface area contributed by atoms with Gasteiger partial charge in [-0.2, -0.15) is 4.31 Å². The first kappa shape index (κ1) is 21.8. The van der Waals surface area contributed by atoms with E-state index in [2.05, 4.69) is 4.98 Å². The van der Waals surface area contributed by atoms with Crippen LogP contribution in [0.4, 0.5) is 4.39 Å². The number of sulfonamides is 1. The third-order valence-electron chi connectivity index (χ3n) is 5.52. The second-order valence-electron chi connectivity index (χ2n) is 7.45. The molecule has 1 amide bonds. The highest BCUT2D eigenvalue weighted by Gasteiger charge is 2.30. The van der Waals surface area contributed by atoms with Crippen LogP contribution in [-0.2, 0) is 24.1 Å². The van der Waals surface area contributed by atoms with E-state index in [0.717, 1.165) is 16.7 Å². The molecule has 2 aromatic heterocycles. The molecule has 0 aliphatic carbocycles. The van der Waals surface area contributed by atoms with Gasteiger partial charge >= 0.3 is 5.69 Å². The maximum absolute atomic E-state index is 13.1. The van der Waals surface area contributed by atoms with Crippen molar-refractivity contribution in [3.8, 4) is 0 Å². The molecule has 0 bridgehead atoms. The largest absolute Gasteiger partial charge is 0.336 e. The van der Waals surface area contributed by atoms with Crippen molar-refractivity contribution in [2.75, 3.05) is 26.2 Å². The van der Waals surface area contributed by atoms with E-state index >= 15 is 0 Å². The van der Waals surface area contributed by atoms with Gasteiger partial charge in [-0.1, -0.05) is 0 Å². The fourth-order valence-corrected chi connectivity index (χ4v) is 5.07. The highest BCUT2D eigenvalue weighted by molar-refractivity contribution is 7.89. The molecule has 3 aromatic rings. The van der Waals surface area contributed by atoms with E-state index in [9.17, 15) is 27.2 Å². The van der Waals surface area contributed by atoms with Gasteiger partial charge in [0.05, 0.1) is 15.8 Å². The summed E-state index contributed by atoms with van der Waals surface area (Å²) < 4.78 is 42.0. The maximum Gasteiger partial charge on any atom is 0.332 e. The number of carbonyl (C=O) groups excluding carboxylic acids is 1. The van der Waals surface area contributed by atoms with Crippen molar-refractivity contribution in [3.05, 3.63) is 68.7 Å². The smallest absolute Gasteiger partial charge is 0.332 e. The Balaban J connectivity index is 1.55. The SMILES string of the molecule is Cn1c(=O)c2cc(C(=O)N3CCN(S(=O)(=O)c4ccc(F)cc4)CC3)cnc2n(C)c1=O. The molecule has 32 heavy (non-hydrogen) atoms. The number of nitrogens with zero attached hydrogens (tertiary/aromatic N) is 5. The van der Waals surface area contributed by atoms with Gasteiger partial charge < -0.3 is 4.90 Å². The van der Waals surface area contributed by atoms with Crippen molar-refractivity contribution in [1.82, 2.24) is 23.3 Å². The van der Waals surface area contributed by atoms with Crippen LogP contribution in [0.2, 0.25) is 0 Å². The Morgan fingerprint density at radius 3 is 2.25 bits per heavy atom. The minimum atomic E-state index is -3.80. The van der Waals surface area contributed by atoms with E-state index in [4.69, 9.17) is 0 Å². The van der Waals surface area contributed by atoms with Crippen molar-refractivity contribution in [3.63, 3.8) is 0 Å². The number of benzene rings is 1. The molecule has 3 heterocycles. The number of amides is 1. The minimum Gasteiger partial charge on any atom is -0.336 e. The molecule has 0 spiro atoms. The molecule has 1 aliphatic heterocycles. The summed E-state index contributed by atoms with van der Waals surface area (Å²) in [5.41, 5.74) is -0.735. The molecule has 1 aliphatic rings. The first-order valence-electron chi connectivity index (χ1n) is 9.72. The molecule has 10 nitrogen and oxygen atoms in total. The van der Waals surface area contributed by atoms with Crippen molar-refractivity contribution in [2.24, 2.45) is 14.1 Å². The Bertz CT molecular complexity index is 1440. The van der Waals surface area contributed by atoms with Crippen LogP contribution < -0.4 is 11.2 Å². The average Bonchev–Trinajstić information content (AvgIpc) is 2.81. The van der Waals surface area contributed by atoms with Crippen LogP contribution in [0.3, 0.4) is 0 Å². The molecule has 0 N–H and O–H groups in total. The highest BCUT2D eigenvalue weighted by Crippen LogP contribution is 2.19. The number of piperazine rings is 1. The monoisotopic (exact) mass is 461 g/mol.